The lowest BCUT2D eigenvalue weighted by molar-refractivity contribution is 0.669. The molecule has 3 nitrogen and oxygen atoms in total. The number of thiophene rings is 1. The minimum Gasteiger partial charge on any atom is -0.456 e. The zero-order chi connectivity index (χ0) is 34.2. The maximum absolute atomic E-state index is 6.26. The van der Waals surface area contributed by atoms with Crippen LogP contribution in [-0.4, -0.2) is 4.57 Å². The molecule has 0 spiro atoms. The van der Waals surface area contributed by atoms with Gasteiger partial charge in [-0.15, -0.1) is 11.3 Å². The number of hydrogen-bond donors (Lipinski definition) is 0. The summed E-state index contributed by atoms with van der Waals surface area (Å²) in [6, 6.07) is 59.3. The molecular weight excluding hydrogens is 653 g/mol. The molecular formula is C48H32N2OS. The second-order valence-electron chi connectivity index (χ2n) is 13.6. The highest BCUT2D eigenvalue weighted by Gasteiger charge is 2.22. The van der Waals surface area contributed by atoms with E-state index in [2.05, 4.69) is 173 Å². The summed E-state index contributed by atoms with van der Waals surface area (Å²) in [5.41, 5.74) is 11.4. The molecule has 0 bridgehead atoms. The Morgan fingerprint density at radius 3 is 2.15 bits per heavy atom. The number of hydrogen-bond acceptors (Lipinski definition) is 3. The van der Waals surface area contributed by atoms with Gasteiger partial charge in [-0.25, -0.2) is 0 Å². The van der Waals surface area contributed by atoms with Crippen molar-refractivity contribution in [3.05, 3.63) is 174 Å². The average molecular weight is 685 g/mol. The Balaban J connectivity index is 1.16. The third kappa shape index (κ3) is 4.44. The predicted octanol–water partition coefficient (Wildman–Crippen LogP) is 12.1. The topological polar surface area (TPSA) is 21.3 Å². The van der Waals surface area contributed by atoms with Gasteiger partial charge < -0.3 is 13.9 Å². The predicted molar refractivity (Wildman–Crippen MR) is 220 cm³/mol. The number of fused-ring (bicyclic) bond motifs is 9. The smallest absolute Gasteiger partial charge is 0.136 e. The fraction of sp³-hybridized carbons (Fsp3) is 0.0417. The highest BCUT2D eigenvalue weighted by Crippen LogP contribution is 2.41. The van der Waals surface area contributed by atoms with Crippen LogP contribution in [0.3, 0.4) is 0 Å². The van der Waals surface area contributed by atoms with Gasteiger partial charge in [0.15, 0.2) is 0 Å². The first-order valence-corrected chi connectivity index (χ1v) is 18.7. The summed E-state index contributed by atoms with van der Waals surface area (Å²) in [4.78, 5) is 2.52. The molecule has 0 radical (unpaired) electrons. The van der Waals surface area contributed by atoms with E-state index in [1.54, 1.807) is 0 Å². The van der Waals surface area contributed by atoms with Crippen LogP contribution in [0, 0.1) is 0 Å². The Hall–Kier alpha value is -6.36. The van der Waals surface area contributed by atoms with Gasteiger partial charge in [-0.1, -0.05) is 109 Å². The molecule has 246 valence electrons. The zero-order valence-corrected chi connectivity index (χ0v) is 29.1. The lowest BCUT2D eigenvalue weighted by atomic mass is 9.98. The van der Waals surface area contributed by atoms with Crippen molar-refractivity contribution in [3.63, 3.8) is 0 Å². The third-order valence-corrected chi connectivity index (χ3v) is 11.8. The summed E-state index contributed by atoms with van der Waals surface area (Å²) < 4.78 is 11.4. The largest absolute Gasteiger partial charge is 0.456 e. The van der Waals surface area contributed by atoms with E-state index < -0.39 is 0 Å². The molecule has 11 rings (SSSR count). The molecule has 0 unspecified atom stereocenters. The minimum atomic E-state index is 0.914. The Kier molecular flexibility index (Phi) is 6.55. The van der Waals surface area contributed by atoms with Crippen LogP contribution in [0.25, 0.3) is 82.4 Å². The Morgan fingerprint density at radius 1 is 0.558 bits per heavy atom. The summed E-state index contributed by atoms with van der Waals surface area (Å²) in [6.07, 6.45) is 4.39. The van der Waals surface area contributed by atoms with Crippen LogP contribution in [-0.2, 0) is 0 Å². The first-order valence-electron chi connectivity index (χ1n) is 17.9. The number of para-hydroxylation sites is 3. The molecule has 1 aliphatic rings. The van der Waals surface area contributed by atoms with Crippen LogP contribution in [0.2, 0.25) is 0 Å². The van der Waals surface area contributed by atoms with Gasteiger partial charge >= 0.3 is 0 Å². The van der Waals surface area contributed by atoms with Crippen molar-refractivity contribution in [2.45, 2.75) is 12.8 Å². The number of aromatic nitrogens is 1. The molecule has 4 heteroatoms. The van der Waals surface area contributed by atoms with Gasteiger partial charge in [0.1, 0.15) is 11.2 Å². The van der Waals surface area contributed by atoms with Gasteiger partial charge in [-0.3, -0.25) is 0 Å². The Bertz CT molecular complexity index is 3130. The molecule has 3 aromatic heterocycles. The Morgan fingerprint density at radius 2 is 1.27 bits per heavy atom. The second-order valence-corrected chi connectivity index (χ2v) is 14.7. The monoisotopic (exact) mass is 684 g/mol. The Labute approximate surface area is 304 Å². The molecule has 1 aliphatic carbocycles. The molecule has 52 heavy (non-hydrogen) atoms. The summed E-state index contributed by atoms with van der Waals surface area (Å²) >= 11 is 1.90. The van der Waals surface area contributed by atoms with E-state index in [1.807, 2.05) is 17.4 Å². The van der Waals surface area contributed by atoms with E-state index in [4.69, 9.17) is 4.42 Å². The fourth-order valence-electron chi connectivity index (χ4n) is 8.41. The van der Waals surface area contributed by atoms with E-state index in [-0.39, 0.29) is 0 Å². The van der Waals surface area contributed by atoms with Gasteiger partial charge in [-0.2, -0.15) is 0 Å². The molecule has 10 aromatic rings. The van der Waals surface area contributed by atoms with E-state index in [0.717, 1.165) is 51.8 Å². The van der Waals surface area contributed by atoms with Crippen molar-refractivity contribution >= 4 is 88.3 Å². The molecule has 3 heterocycles. The van der Waals surface area contributed by atoms with Crippen molar-refractivity contribution in [2.24, 2.45) is 0 Å². The molecule has 0 amide bonds. The molecule has 0 atom stereocenters. The van der Waals surface area contributed by atoms with E-state index in [9.17, 15) is 0 Å². The maximum Gasteiger partial charge on any atom is 0.136 e. The summed E-state index contributed by atoms with van der Waals surface area (Å²) in [5, 5.41) is 7.50. The number of furan rings is 1. The van der Waals surface area contributed by atoms with Gasteiger partial charge in [-0.05, 0) is 84.6 Å². The van der Waals surface area contributed by atoms with E-state index in [1.165, 1.54) is 58.5 Å². The number of anilines is 2. The number of rotatable bonds is 5. The van der Waals surface area contributed by atoms with Crippen LogP contribution in [0.15, 0.2) is 168 Å². The van der Waals surface area contributed by atoms with Crippen molar-refractivity contribution in [1.82, 2.24) is 4.57 Å². The first-order chi connectivity index (χ1) is 25.8. The van der Waals surface area contributed by atoms with Gasteiger partial charge in [0, 0.05) is 64.1 Å². The maximum atomic E-state index is 6.26. The molecule has 0 aliphatic heterocycles. The van der Waals surface area contributed by atoms with E-state index >= 15 is 0 Å². The van der Waals surface area contributed by atoms with Crippen LogP contribution in [0.4, 0.5) is 11.4 Å². The van der Waals surface area contributed by atoms with Crippen molar-refractivity contribution in [2.75, 3.05) is 4.90 Å². The second kappa shape index (κ2) is 11.6. The quantitative estimate of drug-likeness (QED) is 0.180. The highest BCUT2D eigenvalue weighted by molar-refractivity contribution is 7.17. The molecule has 0 N–H and O–H groups in total. The van der Waals surface area contributed by atoms with Crippen molar-refractivity contribution in [3.8, 4) is 16.8 Å². The first kappa shape index (κ1) is 29.4. The average Bonchev–Trinajstić information content (AvgIpc) is 3.88. The standard InChI is InChI=1S/C48H32N2OS/c1-2-12-32(13-3-1)50-40-18-7-4-14-36(40)37-29-28-34(30-42(37)50)49(41-19-11-23-46-48(41)39-16-6-9-22-45(39)52-46)33-26-24-31(25-27-33)35-17-10-21-44-47(35)38-15-5-8-20-43(38)51-44/h1-10,12-18,20-30H,11,19H2. The minimum absolute atomic E-state index is 0.914. The zero-order valence-electron chi connectivity index (χ0n) is 28.3. The number of benzene rings is 7. The normalized spacial score (nSPS) is 13.0. The summed E-state index contributed by atoms with van der Waals surface area (Å²) in [7, 11) is 0. The number of nitrogens with zero attached hydrogens (tertiary/aromatic N) is 2. The molecule has 0 saturated heterocycles. The van der Waals surface area contributed by atoms with Crippen LogP contribution < -0.4 is 14.7 Å². The van der Waals surface area contributed by atoms with Gasteiger partial charge in [0.05, 0.1) is 11.0 Å². The summed E-state index contributed by atoms with van der Waals surface area (Å²) in [5.74, 6) is 0. The van der Waals surface area contributed by atoms with Crippen molar-refractivity contribution in [1.29, 1.82) is 0 Å². The fourth-order valence-corrected chi connectivity index (χ4v) is 9.61. The van der Waals surface area contributed by atoms with Gasteiger partial charge in [0.25, 0.3) is 0 Å². The lowest BCUT2D eigenvalue weighted by Gasteiger charge is -2.29. The van der Waals surface area contributed by atoms with Gasteiger partial charge in [0.2, 0.25) is 0 Å². The highest BCUT2D eigenvalue weighted by atomic mass is 32.1. The SMILES string of the molecule is C1=c2sc3ccccc3c2=C(N(c2ccc(-c3cccc4oc5ccccc5c34)cc2)c2ccc3c4ccccc4n(-c4ccccc4)c3c2)CC1. The molecule has 0 saturated carbocycles. The van der Waals surface area contributed by atoms with Crippen LogP contribution in [0.5, 0.6) is 0 Å². The van der Waals surface area contributed by atoms with E-state index in [0.29, 0.717) is 0 Å². The summed E-state index contributed by atoms with van der Waals surface area (Å²) in [6.45, 7) is 0. The molecule has 7 aromatic carbocycles. The van der Waals surface area contributed by atoms with Crippen LogP contribution >= 0.6 is 11.3 Å². The van der Waals surface area contributed by atoms with Crippen LogP contribution in [0.1, 0.15) is 12.8 Å². The van der Waals surface area contributed by atoms with Crippen molar-refractivity contribution < 1.29 is 4.42 Å². The lowest BCUT2D eigenvalue weighted by Crippen LogP contribution is -2.32. The third-order valence-electron chi connectivity index (χ3n) is 10.7. The molecule has 0 fully saturated rings.